The van der Waals surface area contributed by atoms with Gasteiger partial charge in [-0.3, -0.25) is 4.99 Å². The Balaban J connectivity index is 2.12. The van der Waals surface area contributed by atoms with Gasteiger partial charge in [0.05, 0.1) is 6.04 Å². The first-order chi connectivity index (χ1) is 9.99. The van der Waals surface area contributed by atoms with Gasteiger partial charge in [-0.1, -0.05) is 53.0 Å². The minimum atomic E-state index is 0.560. The molecule has 2 aliphatic rings. The average molecular weight is 290 g/mol. The summed E-state index contributed by atoms with van der Waals surface area (Å²) in [5, 5.41) is 0. The van der Waals surface area contributed by atoms with E-state index >= 15 is 0 Å². The van der Waals surface area contributed by atoms with Crippen LogP contribution < -0.4 is 0 Å². The van der Waals surface area contributed by atoms with Crippen molar-refractivity contribution in [1.29, 1.82) is 0 Å². The summed E-state index contributed by atoms with van der Waals surface area (Å²) in [6.07, 6.45) is 10.9. The summed E-state index contributed by atoms with van der Waals surface area (Å²) in [6.45, 7) is 13.6. The molecule has 4 atom stereocenters. The molecule has 0 bridgehead atoms. The largest absolute Gasteiger partial charge is 0.286 e. The van der Waals surface area contributed by atoms with Crippen LogP contribution in [0.2, 0.25) is 0 Å². The van der Waals surface area contributed by atoms with Crippen LogP contribution >= 0.6 is 0 Å². The molecule has 0 aliphatic heterocycles. The molecule has 4 unspecified atom stereocenters. The number of allylic oxidation sites excluding steroid dienone is 1. The van der Waals surface area contributed by atoms with Gasteiger partial charge in [0, 0.05) is 11.6 Å². The molecule has 2 aliphatic carbocycles. The zero-order valence-electron chi connectivity index (χ0n) is 14.7. The second kappa shape index (κ2) is 7.61. The maximum atomic E-state index is 5.25. The van der Waals surface area contributed by atoms with Gasteiger partial charge in [-0.15, -0.1) is 0 Å². The van der Waals surface area contributed by atoms with E-state index in [1.807, 2.05) is 0 Å². The van der Waals surface area contributed by atoms with Gasteiger partial charge < -0.3 is 0 Å². The van der Waals surface area contributed by atoms with Crippen molar-refractivity contribution in [2.24, 2.45) is 28.7 Å². The third-order valence-electron chi connectivity index (χ3n) is 5.85. The van der Waals surface area contributed by atoms with E-state index in [0.717, 1.165) is 17.8 Å². The van der Waals surface area contributed by atoms with E-state index in [0.29, 0.717) is 12.0 Å². The Hall–Kier alpha value is -0.590. The van der Waals surface area contributed by atoms with E-state index in [2.05, 4.69) is 34.3 Å². The molecule has 21 heavy (non-hydrogen) atoms. The Kier molecular flexibility index (Phi) is 6.08. The maximum Gasteiger partial charge on any atom is 0.0528 e. The highest BCUT2D eigenvalue weighted by Gasteiger charge is 2.29. The first-order valence-corrected chi connectivity index (χ1v) is 9.22. The molecule has 0 aromatic rings. The van der Waals surface area contributed by atoms with Crippen molar-refractivity contribution in [2.75, 3.05) is 0 Å². The lowest BCUT2D eigenvalue weighted by atomic mass is 9.73. The zero-order chi connectivity index (χ0) is 15.4. The molecule has 0 saturated heterocycles. The topological polar surface area (TPSA) is 12.4 Å². The first-order valence-electron chi connectivity index (χ1n) is 9.22. The van der Waals surface area contributed by atoms with Crippen molar-refractivity contribution in [3.63, 3.8) is 0 Å². The number of aliphatic imine (C=N–C) groups is 1. The fraction of sp³-hybridized carbons (Fsp3) is 0.850. The SMILES string of the molecule is C=C(C)/C(=N\C1CCCCC1C)C1CCCC(C(C)C)C1. The van der Waals surface area contributed by atoms with Crippen LogP contribution in [-0.4, -0.2) is 11.8 Å². The molecule has 2 fully saturated rings. The Morgan fingerprint density at radius 2 is 1.76 bits per heavy atom. The maximum absolute atomic E-state index is 5.25. The van der Waals surface area contributed by atoms with Crippen LogP contribution in [0.1, 0.15) is 79.1 Å². The summed E-state index contributed by atoms with van der Waals surface area (Å²) in [4.78, 5) is 5.25. The fourth-order valence-corrected chi connectivity index (χ4v) is 4.31. The van der Waals surface area contributed by atoms with Gasteiger partial charge in [0.25, 0.3) is 0 Å². The van der Waals surface area contributed by atoms with E-state index in [-0.39, 0.29) is 0 Å². The molecule has 120 valence electrons. The van der Waals surface area contributed by atoms with Crippen molar-refractivity contribution < 1.29 is 0 Å². The lowest BCUT2D eigenvalue weighted by Gasteiger charge is -2.34. The number of hydrogen-bond acceptors (Lipinski definition) is 1. The Bertz CT molecular complexity index is 379. The van der Waals surface area contributed by atoms with E-state index in [4.69, 9.17) is 4.99 Å². The van der Waals surface area contributed by atoms with Gasteiger partial charge in [0.1, 0.15) is 0 Å². The third kappa shape index (κ3) is 4.44. The second-order valence-corrected chi connectivity index (χ2v) is 7.99. The summed E-state index contributed by atoms with van der Waals surface area (Å²) >= 11 is 0. The highest BCUT2D eigenvalue weighted by Crippen LogP contribution is 2.36. The summed E-state index contributed by atoms with van der Waals surface area (Å²) < 4.78 is 0. The van der Waals surface area contributed by atoms with Crippen molar-refractivity contribution >= 4 is 5.71 Å². The van der Waals surface area contributed by atoms with E-state index < -0.39 is 0 Å². The molecular weight excluding hydrogens is 254 g/mol. The second-order valence-electron chi connectivity index (χ2n) is 7.99. The Morgan fingerprint density at radius 1 is 1.05 bits per heavy atom. The van der Waals surface area contributed by atoms with Crippen LogP contribution in [0.25, 0.3) is 0 Å². The van der Waals surface area contributed by atoms with E-state index in [1.54, 1.807) is 0 Å². The fourth-order valence-electron chi connectivity index (χ4n) is 4.31. The predicted octanol–water partition coefficient (Wildman–Crippen LogP) is 6.04. The van der Waals surface area contributed by atoms with Gasteiger partial charge >= 0.3 is 0 Å². The zero-order valence-corrected chi connectivity index (χ0v) is 14.7. The van der Waals surface area contributed by atoms with Crippen LogP contribution in [0.15, 0.2) is 17.1 Å². The van der Waals surface area contributed by atoms with Crippen molar-refractivity contribution in [2.45, 2.75) is 85.1 Å². The molecule has 0 aromatic heterocycles. The normalized spacial score (nSPS) is 35.0. The van der Waals surface area contributed by atoms with Gasteiger partial charge in [0.15, 0.2) is 0 Å². The molecule has 2 rings (SSSR count). The molecule has 0 amide bonds. The van der Waals surface area contributed by atoms with Crippen molar-refractivity contribution in [3.8, 4) is 0 Å². The highest BCUT2D eigenvalue weighted by molar-refractivity contribution is 6.01. The number of hydrogen-bond donors (Lipinski definition) is 0. The lowest BCUT2D eigenvalue weighted by molar-refractivity contribution is 0.249. The Morgan fingerprint density at radius 3 is 2.38 bits per heavy atom. The summed E-state index contributed by atoms with van der Waals surface area (Å²) in [5.74, 6) is 3.14. The standard InChI is InChI=1S/C20H35N/c1-14(2)17-10-8-11-18(13-17)20(15(3)4)21-19-12-7-6-9-16(19)5/h14,16-19H,3,6-13H2,1-2,4-5H3/b21-20+. The average Bonchev–Trinajstić information content (AvgIpc) is 2.46. The minimum absolute atomic E-state index is 0.560. The van der Waals surface area contributed by atoms with Crippen molar-refractivity contribution in [3.05, 3.63) is 12.2 Å². The molecule has 0 radical (unpaired) electrons. The van der Waals surface area contributed by atoms with Gasteiger partial charge in [-0.05, 0) is 55.9 Å². The number of nitrogens with zero attached hydrogens (tertiary/aromatic N) is 1. The number of rotatable bonds is 4. The molecule has 1 heteroatoms. The van der Waals surface area contributed by atoms with E-state index in [1.165, 1.54) is 62.7 Å². The summed E-state index contributed by atoms with van der Waals surface area (Å²) in [5.41, 5.74) is 2.60. The molecule has 0 aromatic carbocycles. The minimum Gasteiger partial charge on any atom is -0.286 e. The molecule has 0 heterocycles. The van der Waals surface area contributed by atoms with Gasteiger partial charge in [-0.2, -0.15) is 0 Å². The summed E-state index contributed by atoms with van der Waals surface area (Å²) in [7, 11) is 0. The smallest absolute Gasteiger partial charge is 0.0528 e. The van der Waals surface area contributed by atoms with Crippen LogP contribution in [0.4, 0.5) is 0 Å². The third-order valence-corrected chi connectivity index (χ3v) is 5.85. The highest BCUT2D eigenvalue weighted by atomic mass is 14.8. The van der Waals surface area contributed by atoms with Crippen LogP contribution in [-0.2, 0) is 0 Å². The summed E-state index contributed by atoms with van der Waals surface area (Å²) in [6, 6.07) is 0.560. The predicted molar refractivity (Wildman–Crippen MR) is 94.0 cm³/mol. The molecular formula is C20H35N. The lowest BCUT2D eigenvalue weighted by Crippen LogP contribution is -2.29. The first kappa shape index (κ1) is 16.8. The van der Waals surface area contributed by atoms with Crippen molar-refractivity contribution in [1.82, 2.24) is 0 Å². The van der Waals surface area contributed by atoms with Gasteiger partial charge in [-0.25, -0.2) is 0 Å². The monoisotopic (exact) mass is 289 g/mol. The molecule has 0 N–H and O–H groups in total. The van der Waals surface area contributed by atoms with Crippen LogP contribution in [0.3, 0.4) is 0 Å². The quantitative estimate of drug-likeness (QED) is 0.559. The van der Waals surface area contributed by atoms with E-state index in [9.17, 15) is 0 Å². The molecule has 1 nitrogen and oxygen atoms in total. The van der Waals surface area contributed by atoms with Crippen LogP contribution in [0, 0.1) is 23.7 Å². The van der Waals surface area contributed by atoms with Crippen LogP contribution in [0.5, 0.6) is 0 Å². The molecule has 2 saturated carbocycles. The Labute approximate surface area is 132 Å². The van der Waals surface area contributed by atoms with Gasteiger partial charge in [0.2, 0.25) is 0 Å². The molecule has 0 spiro atoms.